The molecule has 0 saturated carbocycles. The van der Waals surface area contributed by atoms with Crippen LogP contribution in [0.4, 0.5) is 0 Å². The standard InChI is InChI=1S/C65H125NO5/c1-3-5-7-9-11-13-15-17-18-19-20-22-25-28-31-34-37-41-45-49-53-57-63(68)62(61-67)66-64(69)58-54-50-46-42-38-35-32-29-26-23-21-24-27-30-33-36-40-44-48-52-56-60-71-65(70)59-55-51-47-43-39-16-14-12-10-8-6-4-2/h12,14,23,26,62-63,67-68H,3-11,13,15-22,24-25,27-61H2,1-2H3,(H,66,69)/b14-12-,26-23-. The van der Waals surface area contributed by atoms with E-state index in [1.807, 2.05) is 0 Å². The minimum Gasteiger partial charge on any atom is -0.466 e. The Labute approximate surface area is 443 Å². The van der Waals surface area contributed by atoms with Crippen molar-refractivity contribution in [2.45, 2.75) is 366 Å². The number of ether oxygens (including phenoxy) is 1. The first-order valence-corrected chi connectivity index (χ1v) is 32.1. The lowest BCUT2D eigenvalue weighted by Gasteiger charge is -2.22. The van der Waals surface area contributed by atoms with E-state index < -0.39 is 12.1 Å². The van der Waals surface area contributed by atoms with E-state index in [4.69, 9.17) is 4.74 Å². The van der Waals surface area contributed by atoms with Crippen molar-refractivity contribution >= 4 is 11.9 Å². The van der Waals surface area contributed by atoms with Crippen LogP contribution in [-0.2, 0) is 14.3 Å². The number of carbonyl (C=O) groups excluding carboxylic acids is 2. The third-order valence-electron chi connectivity index (χ3n) is 15.0. The molecule has 0 rings (SSSR count). The molecule has 0 aliphatic rings. The molecule has 420 valence electrons. The fraction of sp³-hybridized carbons (Fsp3) is 0.908. The predicted octanol–water partition coefficient (Wildman–Crippen LogP) is 20.2. The Bertz CT molecular complexity index is 1110. The summed E-state index contributed by atoms with van der Waals surface area (Å²) in [4.78, 5) is 24.5. The Kier molecular flexibility index (Phi) is 59.5. The highest BCUT2D eigenvalue weighted by atomic mass is 16.5. The zero-order valence-corrected chi connectivity index (χ0v) is 48.0. The first-order valence-electron chi connectivity index (χ1n) is 32.1. The van der Waals surface area contributed by atoms with Crippen molar-refractivity contribution in [1.82, 2.24) is 5.32 Å². The van der Waals surface area contributed by atoms with Gasteiger partial charge in [0.1, 0.15) is 0 Å². The minimum atomic E-state index is -0.670. The van der Waals surface area contributed by atoms with Crippen molar-refractivity contribution in [3.05, 3.63) is 24.3 Å². The van der Waals surface area contributed by atoms with Gasteiger partial charge in [0.05, 0.1) is 25.4 Å². The van der Waals surface area contributed by atoms with Gasteiger partial charge in [-0.05, 0) is 77.0 Å². The van der Waals surface area contributed by atoms with Gasteiger partial charge in [0.2, 0.25) is 5.91 Å². The molecule has 0 aromatic carbocycles. The number of esters is 1. The zero-order chi connectivity index (χ0) is 51.4. The van der Waals surface area contributed by atoms with Gasteiger partial charge in [0, 0.05) is 12.8 Å². The molecule has 2 atom stereocenters. The zero-order valence-electron chi connectivity index (χ0n) is 48.0. The van der Waals surface area contributed by atoms with Gasteiger partial charge in [-0.1, -0.05) is 289 Å². The van der Waals surface area contributed by atoms with E-state index in [1.54, 1.807) is 0 Å². The van der Waals surface area contributed by atoms with E-state index in [1.165, 1.54) is 276 Å². The van der Waals surface area contributed by atoms with Crippen molar-refractivity contribution in [2.24, 2.45) is 0 Å². The molecular formula is C65H125NO5. The quantitative estimate of drug-likeness (QED) is 0.0320. The summed E-state index contributed by atoms with van der Waals surface area (Å²) in [5.74, 6) is -0.0407. The highest BCUT2D eigenvalue weighted by Crippen LogP contribution is 2.18. The number of carbonyl (C=O) groups is 2. The fourth-order valence-corrected chi connectivity index (χ4v) is 10.0. The Morgan fingerprint density at radius 3 is 1.03 bits per heavy atom. The maximum atomic E-state index is 12.5. The summed E-state index contributed by atoms with van der Waals surface area (Å²) in [7, 11) is 0. The number of nitrogens with one attached hydrogen (secondary N) is 1. The van der Waals surface area contributed by atoms with Gasteiger partial charge in [0.15, 0.2) is 0 Å². The first kappa shape index (κ1) is 69.3. The summed E-state index contributed by atoms with van der Waals surface area (Å²) in [6, 6.07) is -0.548. The van der Waals surface area contributed by atoms with E-state index >= 15 is 0 Å². The van der Waals surface area contributed by atoms with Crippen molar-refractivity contribution in [3.8, 4) is 0 Å². The lowest BCUT2D eigenvalue weighted by Crippen LogP contribution is -2.45. The maximum Gasteiger partial charge on any atom is 0.305 e. The van der Waals surface area contributed by atoms with Crippen LogP contribution in [-0.4, -0.2) is 47.4 Å². The molecule has 0 aromatic rings. The molecule has 2 unspecified atom stereocenters. The summed E-state index contributed by atoms with van der Waals surface area (Å²) in [5, 5.41) is 23.4. The fourth-order valence-electron chi connectivity index (χ4n) is 10.0. The number of aliphatic hydroxyl groups is 2. The second-order valence-electron chi connectivity index (χ2n) is 22.1. The molecule has 71 heavy (non-hydrogen) atoms. The number of aliphatic hydroxyl groups excluding tert-OH is 2. The summed E-state index contributed by atoms with van der Waals surface area (Å²) in [5.41, 5.74) is 0. The third-order valence-corrected chi connectivity index (χ3v) is 15.0. The van der Waals surface area contributed by atoms with Crippen LogP contribution >= 0.6 is 0 Å². The van der Waals surface area contributed by atoms with Crippen molar-refractivity contribution in [3.63, 3.8) is 0 Å². The normalized spacial score (nSPS) is 12.7. The van der Waals surface area contributed by atoms with Crippen LogP contribution in [0.15, 0.2) is 24.3 Å². The highest BCUT2D eigenvalue weighted by Gasteiger charge is 2.20. The molecule has 6 heteroatoms. The summed E-state index contributed by atoms with van der Waals surface area (Å²) < 4.78 is 5.46. The molecule has 0 heterocycles. The van der Waals surface area contributed by atoms with Crippen molar-refractivity contribution in [2.75, 3.05) is 13.2 Å². The van der Waals surface area contributed by atoms with Gasteiger partial charge in [-0.25, -0.2) is 0 Å². The van der Waals surface area contributed by atoms with Crippen LogP contribution < -0.4 is 5.32 Å². The molecule has 6 nitrogen and oxygen atoms in total. The number of rotatable bonds is 60. The monoisotopic (exact) mass is 1000 g/mol. The van der Waals surface area contributed by atoms with Crippen molar-refractivity contribution < 1.29 is 24.5 Å². The molecule has 0 aliphatic carbocycles. The van der Waals surface area contributed by atoms with Crippen LogP contribution in [0.3, 0.4) is 0 Å². The summed E-state index contributed by atoms with van der Waals surface area (Å²) in [6.45, 7) is 4.94. The number of amides is 1. The average molecular weight is 1000 g/mol. The minimum absolute atomic E-state index is 0.00132. The average Bonchev–Trinajstić information content (AvgIpc) is 3.37. The number of allylic oxidation sites excluding steroid dienone is 4. The molecule has 0 spiro atoms. The second-order valence-corrected chi connectivity index (χ2v) is 22.1. The molecule has 0 fully saturated rings. The molecule has 0 saturated heterocycles. The molecule has 0 radical (unpaired) electrons. The third kappa shape index (κ3) is 57.5. The van der Waals surface area contributed by atoms with E-state index in [2.05, 4.69) is 43.5 Å². The van der Waals surface area contributed by atoms with Gasteiger partial charge in [0.25, 0.3) is 0 Å². The van der Waals surface area contributed by atoms with Crippen LogP contribution in [0, 0.1) is 0 Å². The lowest BCUT2D eigenvalue weighted by molar-refractivity contribution is -0.143. The van der Waals surface area contributed by atoms with Crippen LogP contribution in [0.1, 0.15) is 354 Å². The van der Waals surface area contributed by atoms with Crippen molar-refractivity contribution in [1.29, 1.82) is 0 Å². The van der Waals surface area contributed by atoms with E-state index in [0.717, 1.165) is 44.9 Å². The van der Waals surface area contributed by atoms with E-state index in [-0.39, 0.29) is 18.5 Å². The Balaban J connectivity index is 3.43. The van der Waals surface area contributed by atoms with Gasteiger partial charge in [-0.3, -0.25) is 9.59 Å². The Hall–Kier alpha value is -1.66. The summed E-state index contributed by atoms with van der Waals surface area (Å²) >= 11 is 0. The predicted molar refractivity (Wildman–Crippen MR) is 310 cm³/mol. The number of hydrogen-bond acceptors (Lipinski definition) is 5. The van der Waals surface area contributed by atoms with Gasteiger partial charge in [-0.15, -0.1) is 0 Å². The van der Waals surface area contributed by atoms with Crippen LogP contribution in [0.2, 0.25) is 0 Å². The highest BCUT2D eigenvalue weighted by molar-refractivity contribution is 5.76. The summed E-state index contributed by atoms with van der Waals surface area (Å²) in [6.07, 6.45) is 74.8. The Morgan fingerprint density at radius 2 is 0.662 bits per heavy atom. The molecule has 1 amide bonds. The van der Waals surface area contributed by atoms with Crippen LogP contribution in [0.5, 0.6) is 0 Å². The smallest absolute Gasteiger partial charge is 0.305 e. The molecular weight excluding hydrogens is 875 g/mol. The molecule has 3 N–H and O–H groups in total. The molecule has 0 aliphatic heterocycles. The first-order chi connectivity index (χ1) is 35.0. The van der Waals surface area contributed by atoms with Gasteiger partial charge >= 0.3 is 5.97 Å². The maximum absolute atomic E-state index is 12.5. The topological polar surface area (TPSA) is 95.9 Å². The lowest BCUT2D eigenvalue weighted by atomic mass is 10.0. The number of hydrogen-bond donors (Lipinski definition) is 3. The van der Waals surface area contributed by atoms with Gasteiger partial charge < -0.3 is 20.3 Å². The van der Waals surface area contributed by atoms with E-state index in [9.17, 15) is 19.8 Å². The Morgan fingerprint density at radius 1 is 0.380 bits per heavy atom. The second kappa shape index (κ2) is 60.9. The molecule has 0 aromatic heterocycles. The van der Waals surface area contributed by atoms with Gasteiger partial charge in [-0.2, -0.15) is 0 Å². The number of unbranched alkanes of at least 4 members (excludes halogenated alkanes) is 45. The van der Waals surface area contributed by atoms with Crippen LogP contribution in [0.25, 0.3) is 0 Å². The largest absolute Gasteiger partial charge is 0.466 e. The SMILES string of the molecule is CCCCC/C=C\CCCCCCCC(=O)OCCCCCCCCCCCC/C=C\CCCCCCCCCC(=O)NC(CO)C(O)CCCCCCCCCCCCCCCCCCCCCCC. The molecule has 0 bridgehead atoms. The van der Waals surface area contributed by atoms with E-state index in [0.29, 0.717) is 25.9 Å².